The van der Waals surface area contributed by atoms with Crippen molar-refractivity contribution in [3.63, 3.8) is 0 Å². The number of amides is 1. The average Bonchev–Trinajstić information content (AvgIpc) is 2.60. The molecule has 8 heteroatoms. The summed E-state index contributed by atoms with van der Waals surface area (Å²) in [6, 6.07) is 9.75. The van der Waals surface area contributed by atoms with Gasteiger partial charge in [-0.1, -0.05) is 6.07 Å². The highest BCUT2D eigenvalue weighted by atomic mass is 32.2. The molecule has 0 aliphatic carbocycles. The second kappa shape index (κ2) is 7.10. The number of carbonyl (C=O) groups excluding carboxylic acids is 1. The Morgan fingerprint density at radius 2 is 1.84 bits per heavy atom. The van der Waals surface area contributed by atoms with E-state index in [9.17, 15) is 17.6 Å². The van der Waals surface area contributed by atoms with E-state index < -0.39 is 21.6 Å². The summed E-state index contributed by atoms with van der Waals surface area (Å²) in [4.78, 5) is 12.0. The third-order valence-electron chi connectivity index (χ3n) is 3.58. The Morgan fingerprint density at radius 3 is 2.60 bits per heavy atom. The van der Waals surface area contributed by atoms with Crippen molar-refractivity contribution >= 4 is 21.4 Å². The first-order chi connectivity index (χ1) is 11.9. The minimum atomic E-state index is -3.66. The zero-order valence-corrected chi connectivity index (χ0v) is 14.0. The number of hydrogen-bond donors (Lipinski definition) is 1. The van der Waals surface area contributed by atoms with Crippen molar-refractivity contribution in [2.45, 2.75) is 11.3 Å². The van der Waals surface area contributed by atoms with Crippen LogP contribution >= 0.6 is 0 Å². The number of anilines is 1. The number of nitrogens with one attached hydrogen (secondary N) is 1. The van der Waals surface area contributed by atoms with Crippen LogP contribution in [0.2, 0.25) is 0 Å². The van der Waals surface area contributed by atoms with Gasteiger partial charge < -0.3 is 14.8 Å². The van der Waals surface area contributed by atoms with Crippen LogP contribution in [0, 0.1) is 5.82 Å². The third-order valence-corrected chi connectivity index (χ3v) is 5.29. The fourth-order valence-corrected chi connectivity index (χ4v) is 3.60. The van der Waals surface area contributed by atoms with Gasteiger partial charge in [-0.15, -0.1) is 0 Å². The first-order valence-corrected chi connectivity index (χ1v) is 9.27. The Balaban J connectivity index is 1.64. The van der Waals surface area contributed by atoms with Crippen molar-refractivity contribution in [2.75, 3.05) is 24.3 Å². The lowest BCUT2D eigenvalue weighted by molar-refractivity contribution is -0.115. The number of benzene rings is 2. The SMILES string of the molecule is O=C(CCS(=O)(=O)c1ccc2c(c1)OCCO2)Nc1cccc(F)c1. The summed E-state index contributed by atoms with van der Waals surface area (Å²) in [6.07, 6.45) is -0.243. The smallest absolute Gasteiger partial charge is 0.225 e. The highest BCUT2D eigenvalue weighted by Gasteiger charge is 2.20. The molecule has 0 unspecified atom stereocenters. The number of fused-ring (bicyclic) bond motifs is 1. The van der Waals surface area contributed by atoms with Crippen LogP contribution in [0.15, 0.2) is 47.4 Å². The Morgan fingerprint density at radius 1 is 1.08 bits per heavy atom. The number of halogens is 1. The highest BCUT2D eigenvalue weighted by molar-refractivity contribution is 7.91. The van der Waals surface area contributed by atoms with E-state index in [2.05, 4.69) is 5.32 Å². The predicted molar refractivity (Wildman–Crippen MR) is 89.1 cm³/mol. The number of hydrogen-bond acceptors (Lipinski definition) is 5. The van der Waals surface area contributed by atoms with Gasteiger partial charge in [-0.2, -0.15) is 0 Å². The fourth-order valence-electron chi connectivity index (χ4n) is 2.35. The molecule has 0 saturated carbocycles. The van der Waals surface area contributed by atoms with Crippen LogP contribution < -0.4 is 14.8 Å². The quantitative estimate of drug-likeness (QED) is 0.880. The molecule has 2 aromatic rings. The van der Waals surface area contributed by atoms with Gasteiger partial charge in [-0.3, -0.25) is 4.79 Å². The molecule has 1 amide bonds. The van der Waals surface area contributed by atoms with Crippen LogP contribution in [0.3, 0.4) is 0 Å². The van der Waals surface area contributed by atoms with Crippen LogP contribution in [0.5, 0.6) is 11.5 Å². The summed E-state index contributed by atoms with van der Waals surface area (Å²) in [6.45, 7) is 0.770. The van der Waals surface area contributed by atoms with E-state index in [0.29, 0.717) is 24.7 Å². The zero-order chi connectivity index (χ0) is 17.9. The third kappa shape index (κ3) is 4.27. The van der Waals surface area contributed by atoms with Gasteiger partial charge in [0.05, 0.1) is 10.6 Å². The lowest BCUT2D eigenvalue weighted by atomic mass is 10.3. The molecule has 0 atom stereocenters. The van der Waals surface area contributed by atoms with Gasteiger partial charge in [0.15, 0.2) is 21.3 Å². The first kappa shape index (κ1) is 17.2. The minimum Gasteiger partial charge on any atom is -0.486 e. The Labute approximate surface area is 144 Å². The molecule has 6 nitrogen and oxygen atoms in total. The molecule has 25 heavy (non-hydrogen) atoms. The Hall–Kier alpha value is -2.61. The summed E-state index contributed by atoms with van der Waals surface area (Å²) in [5.74, 6) is -0.493. The zero-order valence-electron chi connectivity index (χ0n) is 13.2. The van der Waals surface area contributed by atoms with Gasteiger partial charge in [-0.25, -0.2) is 12.8 Å². The summed E-state index contributed by atoms with van der Waals surface area (Å²) in [5, 5.41) is 2.47. The lowest BCUT2D eigenvalue weighted by Gasteiger charge is -2.18. The standard InChI is InChI=1S/C17H16FNO5S/c18-12-2-1-3-13(10-12)19-17(20)6-9-25(21,22)14-4-5-15-16(11-14)24-8-7-23-15/h1-5,10-11H,6-9H2,(H,19,20). The maximum absolute atomic E-state index is 13.1. The van der Waals surface area contributed by atoms with Crippen molar-refractivity contribution in [1.82, 2.24) is 0 Å². The fraction of sp³-hybridized carbons (Fsp3) is 0.235. The van der Waals surface area contributed by atoms with E-state index >= 15 is 0 Å². The molecule has 132 valence electrons. The van der Waals surface area contributed by atoms with Crippen molar-refractivity contribution in [3.05, 3.63) is 48.3 Å². The van der Waals surface area contributed by atoms with Crippen LogP contribution in [-0.4, -0.2) is 33.3 Å². The van der Waals surface area contributed by atoms with E-state index in [1.165, 1.54) is 36.4 Å². The van der Waals surface area contributed by atoms with Crippen molar-refractivity contribution in [1.29, 1.82) is 0 Å². The Bertz CT molecular complexity index is 898. The molecular weight excluding hydrogens is 349 g/mol. The molecule has 1 heterocycles. The van der Waals surface area contributed by atoms with Crippen molar-refractivity contribution in [3.8, 4) is 11.5 Å². The van der Waals surface area contributed by atoms with E-state index in [1.807, 2.05) is 0 Å². The molecule has 3 rings (SSSR count). The predicted octanol–water partition coefficient (Wildman–Crippen LogP) is 2.40. The minimum absolute atomic E-state index is 0.0651. The monoisotopic (exact) mass is 365 g/mol. The normalized spacial score (nSPS) is 13.3. The van der Waals surface area contributed by atoms with Crippen LogP contribution in [-0.2, 0) is 14.6 Å². The second-order valence-electron chi connectivity index (χ2n) is 5.43. The molecule has 0 saturated heterocycles. The summed E-state index contributed by atoms with van der Waals surface area (Å²) in [5.41, 5.74) is 0.279. The molecular formula is C17H16FNO5S. The molecule has 1 aliphatic heterocycles. The molecule has 0 radical (unpaired) electrons. The van der Waals surface area contributed by atoms with Crippen LogP contribution in [0.1, 0.15) is 6.42 Å². The van der Waals surface area contributed by atoms with Gasteiger partial charge in [0.1, 0.15) is 19.0 Å². The average molecular weight is 365 g/mol. The largest absolute Gasteiger partial charge is 0.486 e. The highest BCUT2D eigenvalue weighted by Crippen LogP contribution is 2.32. The summed E-state index contributed by atoms with van der Waals surface area (Å²) >= 11 is 0. The second-order valence-corrected chi connectivity index (χ2v) is 7.54. The van der Waals surface area contributed by atoms with E-state index in [1.54, 1.807) is 0 Å². The molecule has 0 fully saturated rings. The number of rotatable bonds is 5. The van der Waals surface area contributed by atoms with E-state index in [-0.39, 0.29) is 22.8 Å². The maximum atomic E-state index is 13.1. The van der Waals surface area contributed by atoms with Gasteiger partial charge >= 0.3 is 0 Å². The van der Waals surface area contributed by atoms with Gasteiger partial charge in [0, 0.05) is 18.2 Å². The molecule has 0 aromatic heterocycles. The van der Waals surface area contributed by atoms with Gasteiger partial charge in [-0.05, 0) is 30.3 Å². The van der Waals surface area contributed by atoms with Gasteiger partial charge in [0.2, 0.25) is 5.91 Å². The number of sulfone groups is 1. The molecule has 1 aliphatic rings. The topological polar surface area (TPSA) is 81.7 Å². The molecule has 1 N–H and O–H groups in total. The van der Waals surface area contributed by atoms with E-state index in [4.69, 9.17) is 9.47 Å². The number of ether oxygens (including phenoxy) is 2. The summed E-state index contributed by atoms with van der Waals surface area (Å²) in [7, 11) is -3.66. The van der Waals surface area contributed by atoms with Crippen LogP contribution in [0.25, 0.3) is 0 Å². The van der Waals surface area contributed by atoms with Crippen molar-refractivity contribution in [2.24, 2.45) is 0 Å². The number of carbonyl (C=O) groups is 1. The van der Waals surface area contributed by atoms with Gasteiger partial charge in [0.25, 0.3) is 0 Å². The maximum Gasteiger partial charge on any atom is 0.225 e. The lowest BCUT2D eigenvalue weighted by Crippen LogP contribution is -2.18. The summed E-state index contributed by atoms with van der Waals surface area (Å²) < 4.78 is 48.6. The van der Waals surface area contributed by atoms with Crippen LogP contribution in [0.4, 0.5) is 10.1 Å². The Kier molecular flexibility index (Phi) is 4.89. The van der Waals surface area contributed by atoms with E-state index in [0.717, 1.165) is 6.07 Å². The molecule has 0 bridgehead atoms. The molecule has 0 spiro atoms. The van der Waals surface area contributed by atoms with Crippen molar-refractivity contribution < 1.29 is 27.1 Å². The molecule has 2 aromatic carbocycles. The first-order valence-electron chi connectivity index (χ1n) is 7.62.